The number of hydrogen-bond acceptors (Lipinski definition) is 3. The molecule has 1 rings (SSSR count). The van der Waals surface area contributed by atoms with E-state index in [-0.39, 0.29) is 5.54 Å². The van der Waals surface area contributed by atoms with Crippen LogP contribution in [0.3, 0.4) is 0 Å². The van der Waals surface area contributed by atoms with E-state index in [1.54, 1.807) is 24.3 Å². The van der Waals surface area contributed by atoms with E-state index in [2.05, 4.69) is 10.6 Å². The summed E-state index contributed by atoms with van der Waals surface area (Å²) in [5, 5.41) is 5.36. The van der Waals surface area contributed by atoms with Crippen LogP contribution in [0.2, 0.25) is 0 Å². The molecule has 104 valence electrons. The largest absolute Gasteiger partial charge is 0.467 e. The summed E-state index contributed by atoms with van der Waals surface area (Å²) in [4.78, 5) is 23.6. The highest BCUT2D eigenvalue weighted by molar-refractivity contribution is 5.84. The molecule has 1 aromatic carbocycles. The van der Waals surface area contributed by atoms with Gasteiger partial charge in [-0.15, -0.1) is 0 Å². The second-order valence-corrected chi connectivity index (χ2v) is 5.22. The van der Waals surface area contributed by atoms with E-state index in [0.29, 0.717) is 5.56 Å². The molecule has 2 N–H and O–H groups in total. The van der Waals surface area contributed by atoms with Crippen molar-refractivity contribution in [1.29, 1.82) is 0 Å². The number of ether oxygens (including phenoxy) is 1. The van der Waals surface area contributed by atoms with Crippen LogP contribution in [0.1, 0.15) is 32.4 Å². The maximum absolute atomic E-state index is 11.8. The van der Waals surface area contributed by atoms with Crippen molar-refractivity contribution in [3.8, 4) is 0 Å². The minimum atomic E-state index is -0.812. The van der Waals surface area contributed by atoms with E-state index < -0.39 is 18.0 Å². The second-order valence-electron chi connectivity index (χ2n) is 5.22. The molecule has 2 amide bonds. The molecule has 1 aromatic rings. The summed E-state index contributed by atoms with van der Waals surface area (Å²) >= 11 is 0. The van der Waals surface area contributed by atoms with E-state index in [4.69, 9.17) is 4.74 Å². The molecule has 0 saturated heterocycles. The Labute approximate surface area is 113 Å². The summed E-state index contributed by atoms with van der Waals surface area (Å²) in [5.41, 5.74) is 0.306. The van der Waals surface area contributed by atoms with Crippen molar-refractivity contribution in [3.63, 3.8) is 0 Å². The van der Waals surface area contributed by atoms with Gasteiger partial charge in [0, 0.05) is 5.54 Å². The number of hydrogen-bond donors (Lipinski definition) is 2. The summed E-state index contributed by atoms with van der Waals surface area (Å²) in [6.07, 6.45) is 0. The highest BCUT2D eigenvalue weighted by atomic mass is 16.5. The van der Waals surface area contributed by atoms with Gasteiger partial charge in [-0.3, -0.25) is 0 Å². The zero-order valence-corrected chi connectivity index (χ0v) is 11.7. The van der Waals surface area contributed by atoms with Crippen LogP contribution >= 0.6 is 0 Å². The smallest absolute Gasteiger partial charge is 0.333 e. The Morgan fingerprint density at radius 2 is 1.74 bits per heavy atom. The summed E-state index contributed by atoms with van der Waals surface area (Å²) in [7, 11) is 1.29. The molecule has 1 atom stereocenters. The van der Waals surface area contributed by atoms with Crippen LogP contribution in [0.25, 0.3) is 0 Å². The standard InChI is InChI=1S/C14H20N2O3/c1-14(2,3)16-13(18)15-11(12(17)19-4)10-8-6-5-7-9-10/h5-9,11H,1-4H3,(H2,15,16,18). The molecule has 1 unspecified atom stereocenters. The third-order valence-electron chi connectivity index (χ3n) is 2.33. The second kappa shape index (κ2) is 6.22. The van der Waals surface area contributed by atoms with Crippen LogP contribution in [0.4, 0.5) is 4.79 Å². The molecule has 0 heterocycles. The average molecular weight is 264 g/mol. The molecule has 0 bridgehead atoms. The summed E-state index contributed by atoms with van der Waals surface area (Å²) in [5.74, 6) is -0.504. The predicted octanol–water partition coefficient (Wildman–Crippen LogP) is 2.00. The summed E-state index contributed by atoms with van der Waals surface area (Å²) < 4.78 is 4.72. The SMILES string of the molecule is COC(=O)C(NC(=O)NC(C)(C)C)c1ccccc1. The molecule has 0 aliphatic carbocycles. The van der Waals surface area contributed by atoms with Crippen molar-refractivity contribution in [2.24, 2.45) is 0 Å². The zero-order valence-electron chi connectivity index (χ0n) is 11.7. The molecule has 0 spiro atoms. The highest BCUT2D eigenvalue weighted by Crippen LogP contribution is 2.14. The number of methoxy groups -OCH3 is 1. The minimum Gasteiger partial charge on any atom is -0.467 e. The normalized spacial score (nSPS) is 12.4. The molecule has 0 saturated carbocycles. The molecule has 0 radical (unpaired) electrons. The van der Waals surface area contributed by atoms with Gasteiger partial charge in [-0.1, -0.05) is 30.3 Å². The van der Waals surface area contributed by atoms with Gasteiger partial charge in [0.2, 0.25) is 0 Å². The third kappa shape index (κ3) is 4.99. The Morgan fingerprint density at radius 3 is 2.21 bits per heavy atom. The quantitative estimate of drug-likeness (QED) is 0.820. The number of rotatable bonds is 3. The number of urea groups is 1. The zero-order chi connectivity index (χ0) is 14.5. The van der Waals surface area contributed by atoms with Crippen molar-refractivity contribution in [3.05, 3.63) is 35.9 Å². The lowest BCUT2D eigenvalue weighted by Crippen LogP contribution is -2.48. The van der Waals surface area contributed by atoms with Gasteiger partial charge in [0.1, 0.15) is 0 Å². The van der Waals surface area contributed by atoms with Gasteiger partial charge >= 0.3 is 12.0 Å². The average Bonchev–Trinajstić information content (AvgIpc) is 2.34. The third-order valence-corrected chi connectivity index (χ3v) is 2.33. The number of amides is 2. The number of carbonyl (C=O) groups excluding carboxylic acids is 2. The van der Waals surface area contributed by atoms with Gasteiger partial charge in [0.15, 0.2) is 6.04 Å². The molecule has 5 heteroatoms. The Bertz CT molecular complexity index is 438. The molecular formula is C14H20N2O3. The van der Waals surface area contributed by atoms with Crippen molar-refractivity contribution in [1.82, 2.24) is 10.6 Å². The fourth-order valence-electron chi connectivity index (χ4n) is 1.55. The molecular weight excluding hydrogens is 244 g/mol. The topological polar surface area (TPSA) is 67.4 Å². The van der Waals surface area contributed by atoms with Crippen LogP contribution in [-0.2, 0) is 9.53 Å². The van der Waals surface area contributed by atoms with E-state index in [1.807, 2.05) is 26.8 Å². The number of benzene rings is 1. The first-order valence-corrected chi connectivity index (χ1v) is 6.05. The number of nitrogens with one attached hydrogen (secondary N) is 2. The van der Waals surface area contributed by atoms with Crippen molar-refractivity contribution in [2.45, 2.75) is 32.4 Å². The van der Waals surface area contributed by atoms with Crippen molar-refractivity contribution >= 4 is 12.0 Å². The van der Waals surface area contributed by atoms with E-state index >= 15 is 0 Å². The molecule has 0 aliphatic rings. The summed E-state index contributed by atoms with van der Waals surface area (Å²) in [6.45, 7) is 5.59. The Hall–Kier alpha value is -2.04. The van der Waals surface area contributed by atoms with Crippen LogP contribution in [0.5, 0.6) is 0 Å². The maximum Gasteiger partial charge on any atom is 0.333 e. The molecule has 0 aromatic heterocycles. The number of esters is 1. The van der Waals surface area contributed by atoms with Crippen molar-refractivity contribution < 1.29 is 14.3 Å². The van der Waals surface area contributed by atoms with Crippen molar-refractivity contribution in [2.75, 3.05) is 7.11 Å². The van der Waals surface area contributed by atoms with Gasteiger partial charge in [-0.25, -0.2) is 9.59 Å². The maximum atomic E-state index is 11.8. The molecule has 19 heavy (non-hydrogen) atoms. The monoisotopic (exact) mass is 264 g/mol. The Morgan fingerprint density at radius 1 is 1.16 bits per heavy atom. The lowest BCUT2D eigenvalue weighted by molar-refractivity contribution is -0.143. The first-order chi connectivity index (χ1) is 8.83. The van der Waals surface area contributed by atoms with Crippen LogP contribution in [0, 0.1) is 0 Å². The number of carbonyl (C=O) groups is 2. The van der Waals surface area contributed by atoms with E-state index in [1.165, 1.54) is 7.11 Å². The molecule has 0 aliphatic heterocycles. The van der Waals surface area contributed by atoms with Gasteiger partial charge < -0.3 is 15.4 Å². The first-order valence-electron chi connectivity index (χ1n) is 6.05. The fraction of sp³-hybridized carbons (Fsp3) is 0.429. The Balaban J connectivity index is 2.83. The Kier molecular flexibility index (Phi) is 4.92. The van der Waals surface area contributed by atoms with E-state index in [0.717, 1.165) is 0 Å². The van der Waals surface area contributed by atoms with Gasteiger partial charge in [-0.2, -0.15) is 0 Å². The van der Waals surface area contributed by atoms with Gasteiger partial charge in [0.05, 0.1) is 7.11 Å². The van der Waals surface area contributed by atoms with Crippen LogP contribution in [0.15, 0.2) is 30.3 Å². The molecule has 0 fully saturated rings. The lowest BCUT2D eigenvalue weighted by Gasteiger charge is -2.23. The summed E-state index contributed by atoms with van der Waals surface area (Å²) in [6, 6.07) is 7.74. The van der Waals surface area contributed by atoms with E-state index in [9.17, 15) is 9.59 Å². The van der Waals surface area contributed by atoms with Crippen LogP contribution in [-0.4, -0.2) is 24.6 Å². The first kappa shape index (κ1) is 15.0. The fourth-order valence-corrected chi connectivity index (χ4v) is 1.55. The van der Waals surface area contributed by atoms with Gasteiger partial charge in [-0.05, 0) is 26.3 Å². The lowest BCUT2D eigenvalue weighted by atomic mass is 10.1. The minimum absolute atomic E-state index is 0.374. The predicted molar refractivity (Wildman–Crippen MR) is 72.6 cm³/mol. The van der Waals surface area contributed by atoms with Gasteiger partial charge in [0.25, 0.3) is 0 Å². The highest BCUT2D eigenvalue weighted by Gasteiger charge is 2.24. The van der Waals surface area contributed by atoms with Crippen LogP contribution < -0.4 is 10.6 Å². The molecule has 5 nitrogen and oxygen atoms in total.